The predicted octanol–water partition coefficient (Wildman–Crippen LogP) is 2.58. The Labute approximate surface area is 112 Å². The van der Waals surface area contributed by atoms with Crippen molar-refractivity contribution in [3.63, 3.8) is 0 Å². The van der Waals surface area contributed by atoms with Crippen LogP contribution < -0.4 is 4.72 Å². The molecule has 3 nitrogen and oxygen atoms in total. The summed E-state index contributed by atoms with van der Waals surface area (Å²) in [5.74, 6) is 0. The van der Waals surface area contributed by atoms with Crippen LogP contribution >= 0.6 is 11.3 Å². The zero-order chi connectivity index (χ0) is 13.0. The van der Waals surface area contributed by atoms with Gasteiger partial charge in [-0.25, -0.2) is 13.1 Å². The van der Waals surface area contributed by atoms with Crippen LogP contribution in [-0.4, -0.2) is 15.0 Å². The van der Waals surface area contributed by atoms with Gasteiger partial charge in [0.15, 0.2) is 0 Å². The second-order valence-electron chi connectivity index (χ2n) is 4.10. The largest absolute Gasteiger partial charge is 0.240 e. The lowest BCUT2D eigenvalue weighted by atomic mass is 10.2. The molecule has 0 saturated carbocycles. The van der Waals surface area contributed by atoms with Crippen LogP contribution in [0, 0.1) is 6.92 Å². The van der Waals surface area contributed by atoms with Crippen LogP contribution in [0.4, 0.5) is 0 Å². The molecule has 1 aromatic carbocycles. The highest BCUT2D eigenvalue weighted by atomic mass is 32.2. The van der Waals surface area contributed by atoms with Crippen LogP contribution in [0.3, 0.4) is 0 Å². The van der Waals surface area contributed by atoms with Crippen molar-refractivity contribution in [2.45, 2.75) is 18.2 Å². The summed E-state index contributed by atoms with van der Waals surface area (Å²) in [6.07, 6.45) is 0.717. The molecule has 1 aromatic heterocycles. The smallest absolute Gasteiger partial charge is 0.211 e. The van der Waals surface area contributed by atoms with E-state index in [0.717, 1.165) is 11.1 Å². The summed E-state index contributed by atoms with van der Waals surface area (Å²) in [5, 5.41) is 4.02. The molecule has 0 aliphatic carbocycles. The molecule has 2 aromatic rings. The quantitative estimate of drug-likeness (QED) is 0.915. The summed E-state index contributed by atoms with van der Waals surface area (Å²) in [7, 11) is -3.38. The first-order valence-electron chi connectivity index (χ1n) is 5.65. The van der Waals surface area contributed by atoms with Crippen molar-refractivity contribution in [3.8, 4) is 0 Å². The van der Waals surface area contributed by atoms with Crippen molar-refractivity contribution < 1.29 is 8.42 Å². The van der Waals surface area contributed by atoms with E-state index < -0.39 is 10.0 Å². The van der Waals surface area contributed by atoms with E-state index in [2.05, 4.69) is 4.72 Å². The van der Waals surface area contributed by atoms with E-state index in [0.29, 0.717) is 17.9 Å². The lowest BCUT2D eigenvalue weighted by Gasteiger charge is -2.06. The number of hydrogen-bond acceptors (Lipinski definition) is 3. The molecule has 1 heterocycles. The van der Waals surface area contributed by atoms with Crippen LogP contribution in [0.1, 0.15) is 11.1 Å². The predicted molar refractivity (Wildman–Crippen MR) is 74.4 cm³/mol. The van der Waals surface area contributed by atoms with Gasteiger partial charge in [-0.05, 0) is 53.4 Å². The van der Waals surface area contributed by atoms with Gasteiger partial charge in [0.25, 0.3) is 0 Å². The molecule has 1 N–H and O–H groups in total. The molecule has 0 aliphatic heterocycles. The van der Waals surface area contributed by atoms with E-state index in [1.165, 1.54) is 0 Å². The molecule has 0 spiro atoms. The van der Waals surface area contributed by atoms with E-state index in [1.807, 2.05) is 29.8 Å². The maximum absolute atomic E-state index is 12.0. The number of benzene rings is 1. The summed E-state index contributed by atoms with van der Waals surface area (Å²) in [4.78, 5) is 0.327. The molecule has 96 valence electrons. The van der Waals surface area contributed by atoms with Gasteiger partial charge in [0.2, 0.25) is 10.0 Å². The van der Waals surface area contributed by atoms with Crippen LogP contribution in [0.15, 0.2) is 46.0 Å². The first-order valence-corrected chi connectivity index (χ1v) is 8.08. The van der Waals surface area contributed by atoms with Gasteiger partial charge in [-0.1, -0.05) is 12.1 Å². The van der Waals surface area contributed by atoms with Gasteiger partial charge in [0, 0.05) is 6.54 Å². The van der Waals surface area contributed by atoms with Gasteiger partial charge in [-0.15, -0.1) is 0 Å². The fourth-order valence-electron chi connectivity index (χ4n) is 1.63. The Morgan fingerprint density at radius 3 is 2.78 bits per heavy atom. The monoisotopic (exact) mass is 281 g/mol. The minimum absolute atomic E-state index is 0.327. The zero-order valence-electron chi connectivity index (χ0n) is 10.1. The van der Waals surface area contributed by atoms with Gasteiger partial charge >= 0.3 is 0 Å². The van der Waals surface area contributed by atoms with E-state index in [9.17, 15) is 8.42 Å². The van der Waals surface area contributed by atoms with Crippen LogP contribution in [0.2, 0.25) is 0 Å². The summed E-state index contributed by atoms with van der Waals surface area (Å²) in [6, 6.07) is 8.92. The molecule has 0 bridgehead atoms. The van der Waals surface area contributed by atoms with Gasteiger partial charge < -0.3 is 0 Å². The fraction of sp³-hybridized carbons (Fsp3) is 0.231. The molecule has 0 saturated heterocycles. The Balaban J connectivity index is 1.99. The lowest BCUT2D eigenvalue weighted by molar-refractivity contribution is 0.581. The number of hydrogen-bond donors (Lipinski definition) is 1. The zero-order valence-corrected chi connectivity index (χ0v) is 11.7. The maximum Gasteiger partial charge on any atom is 0.240 e. The number of thiophene rings is 1. The van der Waals surface area contributed by atoms with Gasteiger partial charge in [-0.2, -0.15) is 11.3 Å². The molecular formula is C13H15NO2S2. The molecule has 0 fully saturated rings. The highest BCUT2D eigenvalue weighted by Crippen LogP contribution is 2.11. The van der Waals surface area contributed by atoms with E-state index in [-0.39, 0.29) is 0 Å². The molecule has 0 aliphatic rings. The van der Waals surface area contributed by atoms with Crippen molar-refractivity contribution in [1.82, 2.24) is 4.72 Å². The second kappa shape index (κ2) is 5.65. The Kier molecular flexibility index (Phi) is 4.16. The standard InChI is InChI=1S/C13H15NO2S2/c1-11-3-2-4-13(9-11)18(15,16)14-7-5-12-6-8-17-10-12/h2-4,6,8-10,14H,5,7H2,1H3. The van der Waals surface area contributed by atoms with E-state index in [4.69, 9.17) is 0 Å². The average molecular weight is 281 g/mol. The van der Waals surface area contributed by atoms with Crippen molar-refractivity contribution >= 4 is 21.4 Å². The van der Waals surface area contributed by atoms with Crippen molar-refractivity contribution in [2.75, 3.05) is 6.54 Å². The normalized spacial score (nSPS) is 11.6. The fourth-order valence-corrected chi connectivity index (χ4v) is 3.47. The van der Waals surface area contributed by atoms with Crippen LogP contribution in [-0.2, 0) is 16.4 Å². The second-order valence-corrected chi connectivity index (χ2v) is 6.64. The molecule has 0 unspecified atom stereocenters. The summed E-state index contributed by atoms with van der Waals surface area (Å²) < 4.78 is 26.6. The number of nitrogens with one attached hydrogen (secondary N) is 1. The molecule has 0 atom stereocenters. The Hall–Kier alpha value is -1.17. The lowest BCUT2D eigenvalue weighted by Crippen LogP contribution is -2.25. The van der Waals surface area contributed by atoms with E-state index >= 15 is 0 Å². The first kappa shape index (κ1) is 13.3. The highest BCUT2D eigenvalue weighted by molar-refractivity contribution is 7.89. The summed E-state index contributed by atoms with van der Waals surface area (Å²) in [6.45, 7) is 2.30. The maximum atomic E-state index is 12.0. The summed E-state index contributed by atoms with van der Waals surface area (Å²) >= 11 is 1.62. The minimum Gasteiger partial charge on any atom is -0.211 e. The molecule has 18 heavy (non-hydrogen) atoms. The third-order valence-electron chi connectivity index (χ3n) is 2.59. The van der Waals surface area contributed by atoms with Gasteiger partial charge in [-0.3, -0.25) is 0 Å². The first-order chi connectivity index (χ1) is 8.58. The van der Waals surface area contributed by atoms with Crippen LogP contribution in [0.25, 0.3) is 0 Å². The average Bonchev–Trinajstić information content (AvgIpc) is 2.82. The van der Waals surface area contributed by atoms with Gasteiger partial charge in [0.1, 0.15) is 0 Å². The topological polar surface area (TPSA) is 46.2 Å². The number of sulfonamides is 1. The molecule has 5 heteroatoms. The Bertz CT molecular complexity index is 604. The third kappa shape index (κ3) is 3.41. The molecular weight excluding hydrogens is 266 g/mol. The van der Waals surface area contributed by atoms with Crippen molar-refractivity contribution in [1.29, 1.82) is 0 Å². The SMILES string of the molecule is Cc1cccc(S(=O)(=O)NCCc2ccsc2)c1. The van der Waals surface area contributed by atoms with E-state index in [1.54, 1.807) is 29.5 Å². The minimum atomic E-state index is -3.38. The summed E-state index contributed by atoms with van der Waals surface area (Å²) in [5.41, 5.74) is 2.10. The van der Waals surface area contributed by atoms with Crippen LogP contribution in [0.5, 0.6) is 0 Å². The number of aryl methyl sites for hydroxylation is 1. The molecule has 2 rings (SSSR count). The van der Waals surface area contributed by atoms with Crippen molar-refractivity contribution in [3.05, 3.63) is 52.2 Å². The molecule has 0 radical (unpaired) electrons. The highest BCUT2D eigenvalue weighted by Gasteiger charge is 2.12. The third-order valence-corrected chi connectivity index (χ3v) is 4.78. The number of rotatable bonds is 5. The molecule has 0 amide bonds. The Morgan fingerprint density at radius 2 is 2.11 bits per heavy atom. The van der Waals surface area contributed by atoms with Gasteiger partial charge in [0.05, 0.1) is 4.90 Å². The van der Waals surface area contributed by atoms with Crippen molar-refractivity contribution in [2.24, 2.45) is 0 Å². The Morgan fingerprint density at radius 1 is 1.28 bits per heavy atom.